The van der Waals surface area contributed by atoms with Crippen LogP contribution in [0, 0.1) is 0 Å². The lowest BCUT2D eigenvalue weighted by Gasteiger charge is -2.11. The average Bonchev–Trinajstić information content (AvgIpc) is 3.26. The van der Waals surface area contributed by atoms with Gasteiger partial charge >= 0.3 is 0 Å². The van der Waals surface area contributed by atoms with Crippen LogP contribution in [0.25, 0.3) is 0 Å². The smallest absolute Gasteiger partial charge is 0.265 e. The third-order valence-corrected chi connectivity index (χ3v) is 5.74. The van der Waals surface area contributed by atoms with Crippen LogP contribution in [0.4, 0.5) is 17.1 Å². The van der Waals surface area contributed by atoms with Gasteiger partial charge in [0.2, 0.25) is 0 Å². The van der Waals surface area contributed by atoms with Gasteiger partial charge in [-0.25, -0.2) is 0 Å². The molecule has 1 heterocycles. The van der Waals surface area contributed by atoms with Gasteiger partial charge in [0, 0.05) is 16.3 Å². The first kappa shape index (κ1) is 16.7. The number of fused-ring (bicyclic) bond motifs is 1. The van der Waals surface area contributed by atoms with Crippen molar-refractivity contribution in [3.63, 3.8) is 0 Å². The molecule has 132 valence electrons. The van der Waals surface area contributed by atoms with Crippen molar-refractivity contribution >= 4 is 34.3 Å². The van der Waals surface area contributed by atoms with Gasteiger partial charge < -0.3 is 15.4 Å². The number of benzene rings is 2. The first-order valence-electron chi connectivity index (χ1n) is 8.66. The Hall–Kier alpha value is -2.79. The predicted molar refractivity (Wildman–Crippen MR) is 107 cm³/mol. The molecule has 0 spiro atoms. The minimum absolute atomic E-state index is 0.0326. The van der Waals surface area contributed by atoms with Gasteiger partial charge in [0.15, 0.2) is 0 Å². The Kier molecular flexibility index (Phi) is 4.63. The quantitative estimate of drug-likeness (QED) is 0.651. The molecular weight excluding hydrogens is 344 g/mol. The lowest BCUT2D eigenvalue weighted by atomic mass is 10.2. The predicted octanol–water partition coefficient (Wildman–Crippen LogP) is 5.24. The Balaban J connectivity index is 1.43. The number of aryl methyl sites for hydroxylation is 2. The topological polar surface area (TPSA) is 50.4 Å². The van der Waals surface area contributed by atoms with Gasteiger partial charge in [0.25, 0.3) is 5.91 Å². The van der Waals surface area contributed by atoms with Gasteiger partial charge in [0.05, 0.1) is 17.7 Å². The summed E-state index contributed by atoms with van der Waals surface area (Å²) in [6, 6.07) is 17.5. The Morgan fingerprint density at radius 3 is 2.58 bits per heavy atom. The highest BCUT2D eigenvalue weighted by Crippen LogP contribution is 2.31. The molecule has 0 unspecified atom stereocenters. The summed E-state index contributed by atoms with van der Waals surface area (Å²) < 4.78 is 5.35. The van der Waals surface area contributed by atoms with Crippen molar-refractivity contribution in [1.82, 2.24) is 0 Å². The van der Waals surface area contributed by atoms with Gasteiger partial charge in [-0.15, -0.1) is 11.3 Å². The summed E-state index contributed by atoms with van der Waals surface area (Å²) in [6.07, 6.45) is 3.42. The van der Waals surface area contributed by atoms with Crippen LogP contribution in [-0.2, 0) is 12.8 Å². The molecule has 0 bridgehead atoms. The molecule has 0 atom stereocenters. The Bertz CT molecular complexity index is 910. The second-order valence-electron chi connectivity index (χ2n) is 6.27. The van der Waals surface area contributed by atoms with Crippen LogP contribution in [0.1, 0.15) is 26.5 Å². The number of carbonyl (C=O) groups is 1. The maximum absolute atomic E-state index is 12.4. The van der Waals surface area contributed by atoms with Crippen LogP contribution in [0.2, 0.25) is 0 Å². The average molecular weight is 364 g/mol. The van der Waals surface area contributed by atoms with E-state index in [0.29, 0.717) is 0 Å². The van der Waals surface area contributed by atoms with E-state index in [1.807, 2.05) is 54.6 Å². The summed E-state index contributed by atoms with van der Waals surface area (Å²) in [4.78, 5) is 14.6. The zero-order valence-corrected chi connectivity index (χ0v) is 15.4. The van der Waals surface area contributed by atoms with E-state index in [9.17, 15) is 4.79 Å². The van der Waals surface area contributed by atoms with Crippen LogP contribution in [0.3, 0.4) is 0 Å². The fraction of sp³-hybridized carbons (Fsp3) is 0.190. The van der Waals surface area contributed by atoms with Crippen molar-refractivity contribution < 1.29 is 9.53 Å². The van der Waals surface area contributed by atoms with Crippen molar-refractivity contribution in [2.24, 2.45) is 0 Å². The molecule has 0 saturated carbocycles. The molecule has 3 aromatic rings. The van der Waals surface area contributed by atoms with Crippen LogP contribution >= 0.6 is 11.3 Å². The van der Waals surface area contributed by atoms with Crippen LogP contribution < -0.4 is 15.4 Å². The third-order valence-electron chi connectivity index (χ3n) is 4.50. The van der Waals surface area contributed by atoms with Gasteiger partial charge in [-0.1, -0.05) is 12.1 Å². The van der Waals surface area contributed by atoms with E-state index in [2.05, 4.69) is 10.6 Å². The molecule has 1 aromatic heterocycles. The Labute approximate surface area is 156 Å². The third kappa shape index (κ3) is 3.44. The Morgan fingerprint density at radius 1 is 1.04 bits per heavy atom. The number of anilines is 3. The van der Waals surface area contributed by atoms with Crippen molar-refractivity contribution in [2.75, 3.05) is 17.7 Å². The summed E-state index contributed by atoms with van der Waals surface area (Å²) >= 11 is 1.62. The number of thiophene rings is 1. The second kappa shape index (κ2) is 7.22. The van der Waals surface area contributed by atoms with Crippen molar-refractivity contribution in [1.29, 1.82) is 0 Å². The fourth-order valence-electron chi connectivity index (χ4n) is 3.17. The van der Waals surface area contributed by atoms with Crippen LogP contribution in [0.5, 0.6) is 5.75 Å². The number of ether oxygens (including phenoxy) is 1. The molecule has 0 saturated heterocycles. The monoisotopic (exact) mass is 364 g/mol. The highest BCUT2D eigenvalue weighted by molar-refractivity contribution is 7.14. The fourth-order valence-corrected chi connectivity index (χ4v) is 4.32. The minimum Gasteiger partial charge on any atom is -0.495 e. The lowest BCUT2D eigenvalue weighted by molar-refractivity contribution is 0.103. The molecule has 5 heteroatoms. The maximum atomic E-state index is 12.4. The summed E-state index contributed by atoms with van der Waals surface area (Å²) in [6.45, 7) is 0. The highest BCUT2D eigenvalue weighted by Gasteiger charge is 2.18. The number of methoxy groups -OCH3 is 1. The van der Waals surface area contributed by atoms with Gasteiger partial charge in [0.1, 0.15) is 5.75 Å². The summed E-state index contributed by atoms with van der Waals surface area (Å²) in [5.74, 6) is 0.755. The van der Waals surface area contributed by atoms with E-state index < -0.39 is 0 Å². The molecule has 2 N–H and O–H groups in total. The number of nitrogens with one attached hydrogen (secondary N) is 2. The lowest BCUT2D eigenvalue weighted by Crippen LogP contribution is -2.10. The minimum atomic E-state index is -0.0326. The number of para-hydroxylation sites is 2. The zero-order valence-electron chi connectivity index (χ0n) is 14.5. The number of carbonyl (C=O) groups excluding carboxylic acids is 1. The molecule has 1 aliphatic carbocycles. The van der Waals surface area contributed by atoms with Crippen LogP contribution in [-0.4, -0.2) is 13.0 Å². The molecule has 26 heavy (non-hydrogen) atoms. The van der Waals surface area contributed by atoms with Crippen molar-refractivity contribution in [3.8, 4) is 5.75 Å². The van der Waals surface area contributed by atoms with E-state index in [4.69, 9.17) is 4.74 Å². The molecule has 4 nitrogen and oxygen atoms in total. The first-order chi connectivity index (χ1) is 12.7. The summed E-state index contributed by atoms with van der Waals surface area (Å²) in [5.41, 5.74) is 3.97. The van der Waals surface area contributed by atoms with E-state index in [1.165, 1.54) is 16.9 Å². The van der Waals surface area contributed by atoms with E-state index in [0.717, 1.165) is 40.5 Å². The van der Waals surface area contributed by atoms with Crippen LogP contribution in [0.15, 0.2) is 54.6 Å². The molecule has 1 aliphatic rings. The van der Waals surface area contributed by atoms with Gasteiger partial charge in [-0.3, -0.25) is 4.79 Å². The number of hydrogen-bond donors (Lipinski definition) is 2. The van der Waals surface area contributed by atoms with Gasteiger partial charge in [-0.05, 0) is 67.3 Å². The van der Waals surface area contributed by atoms with Crippen molar-refractivity contribution in [2.45, 2.75) is 19.3 Å². The first-order valence-corrected chi connectivity index (χ1v) is 9.47. The summed E-state index contributed by atoms with van der Waals surface area (Å²) in [7, 11) is 1.65. The molecular formula is C21H20N2O2S. The molecule has 4 rings (SSSR count). The SMILES string of the molecule is COc1ccccc1Nc1ccc(NC(=O)c2cc3c(s2)CCC3)cc1. The molecule has 0 radical (unpaired) electrons. The molecule has 0 aliphatic heterocycles. The van der Waals surface area contributed by atoms with E-state index >= 15 is 0 Å². The normalized spacial score (nSPS) is 12.5. The summed E-state index contributed by atoms with van der Waals surface area (Å²) in [5, 5.41) is 6.31. The second-order valence-corrected chi connectivity index (χ2v) is 7.41. The molecule has 2 aromatic carbocycles. The zero-order chi connectivity index (χ0) is 17.9. The molecule has 0 fully saturated rings. The molecule has 1 amide bonds. The largest absolute Gasteiger partial charge is 0.495 e. The Morgan fingerprint density at radius 2 is 1.81 bits per heavy atom. The number of hydrogen-bond acceptors (Lipinski definition) is 4. The standard InChI is InChI=1S/C21H20N2O2S/c1-25-18-7-3-2-6-17(18)22-15-9-11-16(12-10-15)23-21(24)20-13-14-5-4-8-19(14)26-20/h2-3,6-7,9-13,22H,4-5,8H2,1H3,(H,23,24). The highest BCUT2D eigenvalue weighted by atomic mass is 32.1. The number of amides is 1. The van der Waals surface area contributed by atoms with Gasteiger partial charge in [-0.2, -0.15) is 0 Å². The van der Waals surface area contributed by atoms with Crippen molar-refractivity contribution in [3.05, 3.63) is 69.9 Å². The van der Waals surface area contributed by atoms with E-state index in [-0.39, 0.29) is 5.91 Å². The number of rotatable bonds is 5. The van der Waals surface area contributed by atoms with E-state index in [1.54, 1.807) is 18.4 Å². The maximum Gasteiger partial charge on any atom is 0.265 e.